The fraction of sp³-hybridized carbons (Fsp3) is 0.263. The third-order valence-electron chi connectivity index (χ3n) is 5.08. The number of aryl methyl sites for hydroxylation is 1. The summed E-state index contributed by atoms with van der Waals surface area (Å²) in [6.07, 6.45) is 5.43. The number of carbonyl (C=O) groups is 1. The summed E-state index contributed by atoms with van der Waals surface area (Å²) in [5, 5.41) is 17.0. The molecule has 3 aromatic rings. The van der Waals surface area contributed by atoms with E-state index in [9.17, 15) is 18.0 Å². The van der Waals surface area contributed by atoms with Crippen LogP contribution < -0.4 is 11.0 Å². The summed E-state index contributed by atoms with van der Waals surface area (Å²) in [6, 6.07) is 10.5. The van der Waals surface area contributed by atoms with Crippen LogP contribution in [0.25, 0.3) is 16.8 Å². The Bertz CT molecular complexity index is 1200. The maximum Gasteiger partial charge on any atom is 0.264 e. The van der Waals surface area contributed by atoms with Crippen molar-refractivity contribution in [3.05, 3.63) is 65.3 Å². The van der Waals surface area contributed by atoms with Crippen LogP contribution in [0.5, 0.6) is 0 Å². The van der Waals surface area contributed by atoms with Gasteiger partial charge in [-0.05, 0) is 42.7 Å². The van der Waals surface area contributed by atoms with Crippen LogP contribution in [0.15, 0.2) is 59.8 Å². The molecule has 2 heterocycles. The lowest BCUT2D eigenvalue weighted by molar-refractivity contribution is -0.131. The third kappa shape index (κ3) is 4.16. The number of amides is 1. The maximum absolute atomic E-state index is 12.5. The number of pyridine rings is 1. The number of nitrogens with zero attached hydrogens (tertiary/aromatic N) is 4. The molecule has 0 radical (unpaired) electrons. The molecule has 0 unspecified atom stereocenters. The van der Waals surface area contributed by atoms with Crippen molar-refractivity contribution in [1.82, 2.24) is 25.0 Å². The highest BCUT2D eigenvalue weighted by Gasteiger charge is 2.43. The molecule has 1 atom stereocenters. The predicted molar refractivity (Wildman–Crippen MR) is 109 cm³/mol. The molecule has 2 N–H and O–H groups in total. The van der Waals surface area contributed by atoms with E-state index < -0.39 is 20.5 Å². The van der Waals surface area contributed by atoms with Gasteiger partial charge in [0.2, 0.25) is 0 Å². The Balaban J connectivity index is 1.80. The highest BCUT2D eigenvalue weighted by Crippen LogP contribution is 2.23. The largest absolute Gasteiger partial charge is 0.315 e. The van der Waals surface area contributed by atoms with E-state index in [0.29, 0.717) is 5.56 Å². The van der Waals surface area contributed by atoms with E-state index >= 15 is 0 Å². The molecule has 0 fully saturated rings. The summed E-state index contributed by atoms with van der Waals surface area (Å²) >= 11 is 0. The fourth-order valence-corrected chi connectivity index (χ4v) is 3.77. The molecule has 2 aromatic heterocycles. The Kier molecular flexibility index (Phi) is 5.85. The maximum atomic E-state index is 12.5. The van der Waals surface area contributed by atoms with E-state index in [1.165, 1.54) is 27.8 Å². The number of aromatic nitrogens is 4. The number of rotatable bonds is 7. The zero-order chi connectivity index (χ0) is 21.9. The van der Waals surface area contributed by atoms with Gasteiger partial charge in [-0.25, -0.2) is 13.9 Å². The van der Waals surface area contributed by atoms with E-state index in [2.05, 4.69) is 10.2 Å². The van der Waals surface area contributed by atoms with Crippen LogP contribution in [-0.2, 0) is 21.2 Å². The van der Waals surface area contributed by atoms with Crippen LogP contribution in [-0.4, -0.2) is 50.1 Å². The van der Waals surface area contributed by atoms with E-state index in [1.807, 2.05) is 24.3 Å². The second kappa shape index (κ2) is 8.20. The summed E-state index contributed by atoms with van der Waals surface area (Å²) in [5.41, 5.74) is 3.33. The number of hydroxylamine groups is 1. The van der Waals surface area contributed by atoms with Crippen molar-refractivity contribution >= 4 is 15.7 Å². The molecule has 3 rings (SSSR count). The van der Waals surface area contributed by atoms with Gasteiger partial charge in [0.1, 0.15) is 0 Å². The van der Waals surface area contributed by atoms with Crippen LogP contribution in [0.2, 0.25) is 0 Å². The molecule has 0 spiro atoms. The third-order valence-corrected chi connectivity index (χ3v) is 7.10. The minimum atomic E-state index is -3.83. The SMILES string of the molecule is C[C@@](CCn1ccc(-c2ccc(-n3nccn3)cc2)cc1=O)(C(=O)NO)S(C)(=O)=O. The van der Waals surface area contributed by atoms with Crippen LogP contribution in [0, 0.1) is 0 Å². The summed E-state index contributed by atoms with van der Waals surface area (Å²) in [6.45, 7) is 1.20. The molecular weight excluding hydrogens is 410 g/mol. The zero-order valence-electron chi connectivity index (χ0n) is 16.4. The quantitative estimate of drug-likeness (QED) is 0.417. The van der Waals surface area contributed by atoms with Gasteiger partial charge in [0, 0.05) is 25.1 Å². The molecule has 11 heteroatoms. The standard InChI is InChI=1S/C19H21N5O5S/c1-19(18(26)22-27,30(2,28)29)8-12-23-11-7-15(13-17(23)25)14-3-5-16(6-4-14)24-20-9-10-21-24/h3-7,9-11,13,27H,8,12H2,1-2H3,(H,22,26)/t19-/m1/s1. The van der Waals surface area contributed by atoms with E-state index in [4.69, 9.17) is 5.21 Å². The Labute approximate surface area is 172 Å². The number of benzene rings is 1. The van der Waals surface area contributed by atoms with Gasteiger partial charge in [0.05, 0.1) is 18.1 Å². The van der Waals surface area contributed by atoms with E-state index in [0.717, 1.165) is 17.5 Å². The molecular formula is C19H21N5O5S. The Hall–Kier alpha value is -3.31. The second-order valence-electron chi connectivity index (χ2n) is 7.01. The van der Waals surface area contributed by atoms with Gasteiger partial charge < -0.3 is 4.57 Å². The van der Waals surface area contributed by atoms with Crippen molar-refractivity contribution in [2.75, 3.05) is 6.26 Å². The number of nitrogens with one attached hydrogen (secondary N) is 1. The second-order valence-corrected chi connectivity index (χ2v) is 9.45. The van der Waals surface area contributed by atoms with Crippen LogP contribution >= 0.6 is 0 Å². The van der Waals surface area contributed by atoms with Crippen molar-refractivity contribution < 1.29 is 18.4 Å². The van der Waals surface area contributed by atoms with Crippen LogP contribution in [0.1, 0.15) is 13.3 Å². The molecule has 0 aliphatic rings. The number of carbonyl (C=O) groups excluding carboxylic acids is 1. The first-order valence-corrected chi connectivity index (χ1v) is 10.9. The first-order chi connectivity index (χ1) is 14.2. The zero-order valence-corrected chi connectivity index (χ0v) is 17.2. The van der Waals surface area contributed by atoms with Crippen molar-refractivity contribution in [2.24, 2.45) is 0 Å². The molecule has 0 saturated carbocycles. The molecule has 0 saturated heterocycles. The van der Waals surface area contributed by atoms with Gasteiger partial charge >= 0.3 is 0 Å². The smallest absolute Gasteiger partial charge is 0.264 e. The van der Waals surface area contributed by atoms with Gasteiger partial charge in [-0.1, -0.05) is 12.1 Å². The average molecular weight is 431 g/mol. The molecule has 1 aromatic carbocycles. The fourth-order valence-electron chi connectivity index (χ4n) is 2.93. The molecule has 1 amide bonds. The molecule has 0 aliphatic heterocycles. The first-order valence-electron chi connectivity index (χ1n) is 8.97. The summed E-state index contributed by atoms with van der Waals surface area (Å²) in [4.78, 5) is 25.9. The van der Waals surface area contributed by atoms with Crippen molar-refractivity contribution in [1.29, 1.82) is 0 Å². The Morgan fingerprint density at radius 3 is 2.30 bits per heavy atom. The minimum absolute atomic E-state index is 0.0139. The lowest BCUT2D eigenvalue weighted by atomic mass is 10.1. The molecule has 0 aliphatic carbocycles. The number of hydrogen-bond acceptors (Lipinski definition) is 7. The highest BCUT2D eigenvalue weighted by molar-refractivity contribution is 7.92. The lowest BCUT2D eigenvalue weighted by Gasteiger charge is -2.25. The molecule has 30 heavy (non-hydrogen) atoms. The lowest BCUT2D eigenvalue weighted by Crippen LogP contribution is -2.49. The highest BCUT2D eigenvalue weighted by atomic mass is 32.2. The first kappa shape index (κ1) is 21.4. The monoisotopic (exact) mass is 431 g/mol. The van der Waals surface area contributed by atoms with Crippen molar-refractivity contribution in [3.8, 4) is 16.8 Å². The van der Waals surface area contributed by atoms with E-state index in [1.54, 1.807) is 24.7 Å². The van der Waals surface area contributed by atoms with Crippen molar-refractivity contribution in [2.45, 2.75) is 24.6 Å². The van der Waals surface area contributed by atoms with Gasteiger partial charge in [-0.15, -0.1) is 0 Å². The average Bonchev–Trinajstić information content (AvgIpc) is 3.26. The summed E-state index contributed by atoms with van der Waals surface area (Å²) in [5.74, 6) is -1.04. The van der Waals surface area contributed by atoms with Gasteiger partial charge in [-0.3, -0.25) is 14.8 Å². The Morgan fingerprint density at radius 2 is 1.77 bits per heavy atom. The molecule has 158 valence electrons. The number of hydrogen-bond donors (Lipinski definition) is 2. The summed E-state index contributed by atoms with van der Waals surface area (Å²) in [7, 11) is -3.83. The number of sulfone groups is 1. The van der Waals surface area contributed by atoms with Gasteiger partial charge in [0.25, 0.3) is 11.5 Å². The Morgan fingerprint density at radius 1 is 1.13 bits per heavy atom. The normalized spacial score (nSPS) is 13.6. The van der Waals surface area contributed by atoms with Crippen molar-refractivity contribution in [3.63, 3.8) is 0 Å². The predicted octanol–water partition coefficient (Wildman–Crippen LogP) is 0.795. The minimum Gasteiger partial charge on any atom is -0.315 e. The van der Waals surface area contributed by atoms with Gasteiger partial charge in [0.15, 0.2) is 14.6 Å². The van der Waals surface area contributed by atoms with Crippen LogP contribution in [0.3, 0.4) is 0 Å². The van der Waals surface area contributed by atoms with E-state index in [-0.39, 0.29) is 18.5 Å². The van der Waals surface area contributed by atoms with Gasteiger partial charge in [-0.2, -0.15) is 15.0 Å². The van der Waals surface area contributed by atoms with Crippen LogP contribution in [0.4, 0.5) is 0 Å². The molecule has 0 bridgehead atoms. The topological polar surface area (TPSA) is 136 Å². The summed E-state index contributed by atoms with van der Waals surface area (Å²) < 4.78 is 23.5. The molecule has 10 nitrogen and oxygen atoms in total.